The van der Waals surface area contributed by atoms with Crippen molar-refractivity contribution in [3.63, 3.8) is 0 Å². The quantitative estimate of drug-likeness (QED) is 0.645. The molecule has 60 valence electrons. The zero-order chi connectivity index (χ0) is 8.48. The van der Waals surface area contributed by atoms with Crippen LogP contribution in [0.25, 0.3) is 5.57 Å². The molecular formula is C6H4F3NS. The molecule has 0 spiro atoms. The molecule has 0 aliphatic rings. The third-order valence-electron chi connectivity index (χ3n) is 1.03. The van der Waals surface area contributed by atoms with E-state index >= 15 is 0 Å². The van der Waals surface area contributed by atoms with E-state index < -0.39 is 11.7 Å². The molecular weight excluding hydrogens is 175 g/mol. The normalized spacial score (nSPS) is 11.5. The van der Waals surface area contributed by atoms with Crippen molar-refractivity contribution in [1.29, 1.82) is 0 Å². The Morgan fingerprint density at radius 3 is 2.55 bits per heavy atom. The van der Waals surface area contributed by atoms with E-state index in [2.05, 4.69) is 11.6 Å². The highest BCUT2D eigenvalue weighted by Gasteiger charge is 2.34. The van der Waals surface area contributed by atoms with Gasteiger partial charge in [-0.25, -0.2) is 4.98 Å². The van der Waals surface area contributed by atoms with E-state index in [9.17, 15) is 13.2 Å². The first-order valence-corrected chi connectivity index (χ1v) is 3.56. The number of aromatic nitrogens is 1. The van der Waals surface area contributed by atoms with Crippen molar-refractivity contribution in [2.75, 3.05) is 0 Å². The Morgan fingerprint density at radius 2 is 2.18 bits per heavy atom. The summed E-state index contributed by atoms with van der Waals surface area (Å²) >= 11 is 0.927. The van der Waals surface area contributed by atoms with Crippen LogP contribution in [0.15, 0.2) is 18.2 Å². The molecule has 0 fully saturated rings. The van der Waals surface area contributed by atoms with Gasteiger partial charge in [0, 0.05) is 11.6 Å². The Morgan fingerprint density at radius 1 is 1.55 bits per heavy atom. The third kappa shape index (κ3) is 1.80. The van der Waals surface area contributed by atoms with Crippen LogP contribution in [0.4, 0.5) is 13.2 Å². The molecule has 1 nitrogen and oxygen atoms in total. The molecule has 0 atom stereocenters. The van der Waals surface area contributed by atoms with E-state index in [1.165, 1.54) is 11.6 Å². The van der Waals surface area contributed by atoms with Crippen LogP contribution in [0.1, 0.15) is 5.01 Å². The maximum atomic E-state index is 11.9. The molecule has 1 aromatic rings. The van der Waals surface area contributed by atoms with Crippen molar-refractivity contribution >= 4 is 16.9 Å². The van der Waals surface area contributed by atoms with Crippen LogP contribution in [-0.2, 0) is 0 Å². The van der Waals surface area contributed by atoms with E-state index in [0.717, 1.165) is 11.3 Å². The highest BCUT2D eigenvalue weighted by molar-refractivity contribution is 7.10. The smallest absolute Gasteiger partial charge is 0.245 e. The monoisotopic (exact) mass is 179 g/mol. The lowest BCUT2D eigenvalue weighted by Crippen LogP contribution is -2.08. The van der Waals surface area contributed by atoms with Crippen LogP contribution in [0, 0.1) is 0 Å². The lowest BCUT2D eigenvalue weighted by Gasteiger charge is -2.05. The number of allylic oxidation sites excluding steroid dienone is 1. The molecule has 0 saturated carbocycles. The van der Waals surface area contributed by atoms with Gasteiger partial charge in [-0.05, 0) is 0 Å². The standard InChI is InChI=1S/C6H4F3NS/c1-4(6(7,8)9)5-10-2-3-11-5/h2-3H,1H2. The number of hydrogen-bond acceptors (Lipinski definition) is 2. The maximum absolute atomic E-state index is 11.9. The van der Waals surface area contributed by atoms with Crippen molar-refractivity contribution in [3.05, 3.63) is 23.2 Å². The summed E-state index contributed by atoms with van der Waals surface area (Å²) in [6, 6.07) is 0. The first-order valence-electron chi connectivity index (χ1n) is 2.68. The average molecular weight is 179 g/mol. The predicted molar refractivity (Wildman–Crippen MR) is 37.2 cm³/mol. The van der Waals surface area contributed by atoms with Gasteiger partial charge in [-0.2, -0.15) is 13.2 Å². The van der Waals surface area contributed by atoms with Gasteiger partial charge in [0.25, 0.3) is 0 Å². The molecule has 0 aliphatic carbocycles. The number of hydrogen-bond donors (Lipinski definition) is 0. The largest absolute Gasteiger partial charge is 0.418 e. The molecule has 0 saturated heterocycles. The molecule has 0 aromatic carbocycles. The molecule has 0 unspecified atom stereocenters. The third-order valence-corrected chi connectivity index (χ3v) is 1.87. The lowest BCUT2D eigenvalue weighted by molar-refractivity contribution is -0.0686. The Kier molecular flexibility index (Phi) is 1.99. The second-order valence-corrected chi connectivity index (χ2v) is 2.71. The maximum Gasteiger partial charge on any atom is 0.418 e. The number of alkyl halides is 3. The SMILES string of the molecule is C=C(c1nccs1)C(F)(F)F. The summed E-state index contributed by atoms with van der Waals surface area (Å²) in [5.74, 6) is 0. The molecule has 5 heteroatoms. The van der Waals surface area contributed by atoms with Crippen molar-refractivity contribution in [3.8, 4) is 0 Å². The van der Waals surface area contributed by atoms with Gasteiger partial charge < -0.3 is 0 Å². The zero-order valence-corrected chi connectivity index (χ0v) is 6.17. The van der Waals surface area contributed by atoms with Crippen molar-refractivity contribution in [1.82, 2.24) is 4.98 Å². The van der Waals surface area contributed by atoms with Gasteiger partial charge >= 0.3 is 6.18 Å². The summed E-state index contributed by atoms with van der Waals surface area (Å²) in [6.45, 7) is 2.89. The van der Waals surface area contributed by atoms with Crippen LogP contribution >= 0.6 is 11.3 Å². The summed E-state index contributed by atoms with van der Waals surface area (Å²) in [4.78, 5) is 3.48. The zero-order valence-electron chi connectivity index (χ0n) is 5.35. The fourth-order valence-corrected chi connectivity index (χ4v) is 1.12. The fraction of sp³-hybridized carbons (Fsp3) is 0.167. The Bertz CT molecular complexity index is 249. The number of thiazole rings is 1. The van der Waals surface area contributed by atoms with E-state index in [0.29, 0.717) is 0 Å². The summed E-state index contributed by atoms with van der Waals surface area (Å²) in [5, 5.41) is 1.41. The van der Waals surface area contributed by atoms with Crippen LogP contribution in [0.5, 0.6) is 0 Å². The van der Waals surface area contributed by atoms with E-state index in [-0.39, 0.29) is 5.01 Å². The summed E-state index contributed by atoms with van der Waals surface area (Å²) in [6.07, 6.45) is -3.05. The molecule has 0 radical (unpaired) electrons. The van der Waals surface area contributed by atoms with Crippen LogP contribution < -0.4 is 0 Å². The Balaban J connectivity index is 2.88. The van der Waals surface area contributed by atoms with Crippen LogP contribution in [-0.4, -0.2) is 11.2 Å². The van der Waals surface area contributed by atoms with E-state index in [1.54, 1.807) is 0 Å². The lowest BCUT2D eigenvalue weighted by atomic mass is 10.3. The number of nitrogens with zero attached hydrogens (tertiary/aromatic N) is 1. The Hall–Kier alpha value is -0.840. The molecule has 0 N–H and O–H groups in total. The fourth-order valence-electron chi connectivity index (χ4n) is 0.494. The highest BCUT2D eigenvalue weighted by Crippen LogP contribution is 2.32. The number of halogens is 3. The molecule has 1 rings (SSSR count). The second kappa shape index (κ2) is 2.65. The summed E-state index contributed by atoms with van der Waals surface area (Å²) in [5.41, 5.74) is -0.882. The van der Waals surface area contributed by atoms with E-state index in [4.69, 9.17) is 0 Å². The second-order valence-electron chi connectivity index (χ2n) is 1.81. The molecule has 0 amide bonds. The minimum absolute atomic E-state index is 0.0718. The van der Waals surface area contributed by atoms with Gasteiger partial charge in [-0.1, -0.05) is 6.58 Å². The minimum atomic E-state index is -4.36. The molecule has 0 aliphatic heterocycles. The van der Waals surface area contributed by atoms with Gasteiger partial charge in [0.05, 0.1) is 5.57 Å². The predicted octanol–water partition coefficient (Wildman–Crippen LogP) is 2.72. The van der Waals surface area contributed by atoms with Crippen molar-refractivity contribution < 1.29 is 13.2 Å². The van der Waals surface area contributed by atoms with E-state index in [1.807, 2.05) is 0 Å². The van der Waals surface area contributed by atoms with Crippen molar-refractivity contribution in [2.45, 2.75) is 6.18 Å². The van der Waals surface area contributed by atoms with Gasteiger partial charge in [0.1, 0.15) is 5.01 Å². The summed E-state index contributed by atoms with van der Waals surface area (Å²) < 4.78 is 35.6. The average Bonchev–Trinajstić information content (AvgIpc) is 2.34. The van der Waals surface area contributed by atoms with Gasteiger partial charge in [-0.15, -0.1) is 11.3 Å². The van der Waals surface area contributed by atoms with Crippen LogP contribution in [0.3, 0.4) is 0 Å². The highest BCUT2D eigenvalue weighted by atomic mass is 32.1. The minimum Gasteiger partial charge on any atom is -0.245 e. The molecule has 11 heavy (non-hydrogen) atoms. The molecule has 1 aromatic heterocycles. The van der Waals surface area contributed by atoms with Crippen molar-refractivity contribution in [2.24, 2.45) is 0 Å². The first kappa shape index (κ1) is 8.26. The van der Waals surface area contributed by atoms with Gasteiger partial charge in [-0.3, -0.25) is 0 Å². The number of rotatable bonds is 1. The Labute approximate surface area is 65.2 Å². The van der Waals surface area contributed by atoms with Crippen LogP contribution in [0.2, 0.25) is 0 Å². The summed E-state index contributed by atoms with van der Waals surface area (Å²) in [7, 11) is 0. The van der Waals surface area contributed by atoms with Gasteiger partial charge in [0.15, 0.2) is 0 Å². The first-order chi connectivity index (χ1) is 5.02. The molecule has 1 heterocycles. The van der Waals surface area contributed by atoms with Gasteiger partial charge in [0.2, 0.25) is 0 Å². The topological polar surface area (TPSA) is 12.9 Å². The molecule has 0 bridgehead atoms.